The maximum Gasteiger partial charge on any atom is 0.311 e. The number of nitrogens with zero attached hydrogens (tertiary/aromatic N) is 2. The van der Waals surface area contributed by atoms with Gasteiger partial charge in [-0.05, 0) is 38.8 Å². The van der Waals surface area contributed by atoms with E-state index in [9.17, 15) is 15.4 Å². The molecule has 0 fully saturated rings. The van der Waals surface area contributed by atoms with E-state index >= 15 is 0 Å². The molecule has 21 heavy (non-hydrogen) atoms. The van der Waals surface area contributed by atoms with E-state index in [0.717, 1.165) is 5.56 Å². The van der Waals surface area contributed by atoms with Crippen molar-refractivity contribution in [1.29, 1.82) is 5.26 Å². The number of hydrogen-bond donors (Lipinski definition) is 1. The Morgan fingerprint density at radius 3 is 2.67 bits per heavy atom. The van der Waals surface area contributed by atoms with Crippen LogP contribution in [-0.2, 0) is 6.42 Å². The summed E-state index contributed by atoms with van der Waals surface area (Å²) in [6, 6.07) is 7.14. The van der Waals surface area contributed by atoms with E-state index in [0.29, 0.717) is 6.42 Å². The first kappa shape index (κ1) is 16.9. The van der Waals surface area contributed by atoms with Crippen molar-refractivity contribution in [2.75, 3.05) is 6.61 Å². The zero-order valence-electron chi connectivity index (χ0n) is 12.8. The van der Waals surface area contributed by atoms with E-state index in [4.69, 9.17) is 4.74 Å². The molecule has 0 amide bonds. The van der Waals surface area contributed by atoms with Crippen LogP contribution in [0.1, 0.15) is 33.3 Å². The molecule has 1 rings (SSSR count). The monoisotopic (exact) mass is 291 g/mol. The average molecular weight is 291 g/mol. The van der Waals surface area contributed by atoms with Crippen molar-refractivity contribution in [2.45, 2.75) is 45.7 Å². The molecule has 0 saturated carbocycles. The van der Waals surface area contributed by atoms with Gasteiger partial charge in [-0.3, -0.25) is 15.4 Å². The highest BCUT2D eigenvalue weighted by Crippen LogP contribution is 2.28. The van der Waals surface area contributed by atoms with E-state index in [1.54, 1.807) is 19.1 Å². The fraction of sp³-hybridized carbons (Fsp3) is 0.533. The van der Waals surface area contributed by atoms with Gasteiger partial charge in [-0.1, -0.05) is 13.0 Å². The highest BCUT2D eigenvalue weighted by molar-refractivity contribution is 5.48. The van der Waals surface area contributed by atoms with E-state index in [2.05, 4.69) is 11.4 Å². The summed E-state index contributed by atoms with van der Waals surface area (Å²) in [5, 5.41) is 23.4. The van der Waals surface area contributed by atoms with Crippen molar-refractivity contribution in [3.05, 3.63) is 33.9 Å². The fourth-order valence-electron chi connectivity index (χ4n) is 2.01. The fourth-order valence-corrected chi connectivity index (χ4v) is 2.01. The van der Waals surface area contributed by atoms with Crippen LogP contribution in [-0.4, -0.2) is 23.1 Å². The Kier molecular flexibility index (Phi) is 5.68. The van der Waals surface area contributed by atoms with Crippen LogP contribution in [0.25, 0.3) is 0 Å². The van der Waals surface area contributed by atoms with Crippen LogP contribution in [0.15, 0.2) is 18.2 Å². The lowest BCUT2D eigenvalue weighted by Gasteiger charge is -2.25. The molecule has 0 saturated heterocycles. The molecule has 0 aliphatic rings. The molecule has 0 bridgehead atoms. The minimum Gasteiger partial charge on any atom is -0.484 e. The largest absolute Gasteiger partial charge is 0.484 e. The highest BCUT2D eigenvalue weighted by Gasteiger charge is 2.27. The van der Waals surface area contributed by atoms with Crippen LogP contribution < -0.4 is 10.1 Å². The van der Waals surface area contributed by atoms with E-state index < -0.39 is 10.5 Å². The molecule has 6 heteroatoms. The molecule has 1 aromatic carbocycles. The van der Waals surface area contributed by atoms with Gasteiger partial charge >= 0.3 is 5.69 Å². The van der Waals surface area contributed by atoms with E-state index in [1.807, 2.05) is 20.8 Å². The number of nitriles is 1. The Hall–Kier alpha value is -2.13. The predicted octanol–water partition coefficient (Wildman–Crippen LogP) is 2.82. The van der Waals surface area contributed by atoms with Crippen LogP contribution in [0.2, 0.25) is 0 Å². The molecule has 114 valence electrons. The Morgan fingerprint density at radius 1 is 1.52 bits per heavy atom. The lowest BCUT2D eigenvalue weighted by atomic mass is 10.1. The predicted molar refractivity (Wildman–Crippen MR) is 80.3 cm³/mol. The molecule has 0 aliphatic heterocycles. The maximum atomic E-state index is 11.1. The molecule has 0 radical (unpaired) electrons. The third kappa shape index (κ3) is 4.72. The molecule has 0 spiro atoms. The minimum atomic E-state index is -0.897. The van der Waals surface area contributed by atoms with Gasteiger partial charge in [-0.15, -0.1) is 0 Å². The molecular formula is C15H21N3O3. The quantitative estimate of drug-likeness (QED) is 0.616. The zero-order valence-corrected chi connectivity index (χ0v) is 12.8. The molecule has 1 unspecified atom stereocenters. The summed E-state index contributed by atoms with van der Waals surface area (Å²) in [6.45, 7) is 7.52. The molecule has 6 nitrogen and oxygen atoms in total. The summed E-state index contributed by atoms with van der Waals surface area (Å²) in [7, 11) is 0. The Labute approximate surface area is 124 Å². The lowest BCUT2D eigenvalue weighted by Crippen LogP contribution is -2.49. The number of ether oxygens (including phenoxy) is 1. The molecule has 0 aliphatic carbocycles. The second-order valence-electron chi connectivity index (χ2n) is 5.44. The second-order valence-corrected chi connectivity index (χ2v) is 5.44. The average Bonchev–Trinajstić information content (AvgIpc) is 2.44. The van der Waals surface area contributed by atoms with Gasteiger partial charge in [0.15, 0.2) is 5.75 Å². The topological polar surface area (TPSA) is 88.2 Å². The summed E-state index contributed by atoms with van der Waals surface area (Å²) < 4.78 is 5.53. The number of nitrogens with one attached hydrogen (secondary N) is 1. The summed E-state index contributed by atoms with van der Waals surface area (Å²) >= 11 is 0. The lowest BCUT2D eigenvalue weighted by molar-refractivity contribution is -0.386. The summed E-state index contributed by atoms with van der Waals surface area (Å²) in [6.07, 6.45) is 0.714. The Balaban J connectivity index is 2.93. The number of hydrogen-bond acceptors (Lipinski definition) is 5. The van der Waals surface area contributed by atoms with Gasteiger partial charge in [0, 0.05) is 12.1 Å². The van der Waals surface area contributed by atoms with Crippen molar-refractivity contribution in [3.8, 4) is 11.8 Å². The number of rotatable bonds is 7. The smallest absolute Gasteiger partial charge is 0.311 e. The van der Waals surface area contributed by atoms with Crippen molar-refractivity contribution < 1.29 is 9.66 Å². The summed E-state index contributed by atoms with van der Waals surface area (Å²) in [5.74, 6) is 0.184. The van der Waals surface area contributed by atoms with Crippen LogP contribution >= 0.6 is 0 Å². The Bertz CT molecular complexity index is 552. The summed E-state index contributed by atoms with van der Waals surface area (Å²) in [4.78, 5) is 10.6. The third-order valence-electron chi connectivity index (χ3n) is 3.00. The molecule has 0 aromatic heterocycles. The van der Waals surface area contributed by atoms with Crippen LogP contribution in [0.5, 0.6) is 5.75 Å². The van der Waals surface area contributed by atoms with E-state index in [-0.39, 0.29) is 24.1 Å². The van der Waals surface area contributed by atoms with Gasteiger partial charge in [0.1, 0.15) is 12.1 Å². The van der Waals surface area contributed by atoms with Gasteiger partial charge in [0.25, 0.3) is 0 Å². The molecule has 1 aromatic rings. The van der Waals surface area contributed by atoms with Crippen molar-refractivity contribution in [3.63, 3.8) is 0 Å². The number of aryl methyl sites for hydroxylation is 1. The first-order valence-corrected chi connectivity index (χ1v) is 6.90. The van der Waals surface area contributed by atoms with Gasteiger partial charge < -0.3 is 4.74 Å². The van der Waals surface area contributed by atoms with Crippen molar-refractivity contribution in [1.82, 2.24) is 5.32 Å². The molecule has 0 heterocycles. The summed E-state index contributed by atoms with van der Waals surface area (Å²) in [5.41, 5.74) is -0.0950. The van der Waals surface area contributed by atoms with Gasteiger partial charge in [0.2, 0.25) is 0 Å². The van der Waals surface area contributed by atoms with Gasteiger partial charge in [-0.25, -0.2) is 0 Å². The molecular weight excluding hydrogens is 270 g/mol. The number of nitro groups is 1. The number of nitro benzene ring substituents is 1. The Morgan fingerprint density at radius 2 is 2.19 bits per heavy atom. The second kappa shape index (κ2) is 7.04. The highest BCUT2D eigenvalue weighted by atomic mass is 16.6. The standard InChI is InChI=1S/C15H21N3O3/c1-5-12-6-7-14(13(8-12)18(19)20)21-10-15(4,9-16)17-11(2)3/h6-8,11,17H,5,10H2,1-4H3. The van der Waals surface area contributed by atoms with Crippen molar-refractivity contribution in [2.24, 2.45) is 0 Å². The van der Waals surface area contributed by atoms with Crippen LogP contribution in [0, 0.1) is 21.4 Å². The maximum absolute atomic E-state index is 11.1. The van der Waals surface area contributed by atoms with Crippen LogP contribution in [0.4, 0.5) is 5.69 Å². The zero-order chi connectivity index (χ0) is 16.0. The van der Waals surface area contributed by atoms with Gasteiger partial charge in [0.05, 0.1) is 11.0 Å². The normalized spacial score (nSPS) is 13.5. The first-order valence-electron chi connectivity index (χ1n) is 6.90. The SMILES string of the molecule is CCc1ccc(OCC(C)(C#N)NC(C)C)c([N+](=O)[O-])c1. The van der Waals surface area contributed by atoms with E-state index in [1.165, 1.54) is 6.07 Å². The molecule has 1 N–H and O–H groups in total. The third-order valence-corrected chi connectivity index (χ3v) is 3.00. The van der Waals surface area contributed by atoms with Crippen LogP contribution in [0.3, 0.4) is 0 Å². The molecule has 1 atom stereocenters. The number of benzene rings is 1. The minimum absolute atomic E-state index is 0.0357. The van der Waals surface area contributed by atoms with Crippen molar-refractivity contribution >= 4 is 5.69 Å². The van der Waals surface area contributed by atoms with Gasteiger partial charge in [-0.2, -0.15) is 5.26 Å². The first-order chi connectivity index (χ1) is 9.81.